The number of sulfonamides is 1. The van der Waals surface area contributed by atoms with Crippen LogP contribution in [-0.4, -0.2) is 44.4 Å². The minimum absolute atomic E-state index is 0.0308. The third-order valence-electron chi connectivity index (χ3n) is 3.67. The Labute approximate surface area is 142 Å². The fourth-order valence-corrected chi connectivity index (χ4v) is 4.11. The fraction of sp³-hybridized carbons (Fsp3) is 0.500. The summed E-state index contributed by atoms with van der Waals surface area (Å²) in [5.74, 6) is -1.59. The Morgan fingerprint density at radius 1 is 1.29 bits per heavy atom. The van der Waals surface area contributed by atoms with Crippen molar-refractivity contribution >= 4 is 27.5 Å². The number of nitrogens with one attached hydrogen (secondary N) is 1. The zero-order chi connectivity index (χ0) is 18.0. The van der Waals surface area contributed by atoms with Gasteiger partial charge in [-0.3, -0.25) is 4.79 Å². The van der Waals surface area contributed by atoms with Gasteiger partial charge < -0.3 is 5.32 Å². The van der Waals surface area contributed by atoms with Crippen molar-refractivity contribution in [3.63, 3.8) is 0 Å². The van der Waals surface area contributed by atoms with Crippen molar-refractivity contribution in [1.82, 2.24) is 9.62 Å². The first-order chi connectivity index (χ1) is 11.1. The molecular weight excluding hydrogens is 369 g/mol. The predicted octanol–water partition coefficient (Wildman–Crippen LogP) is 2.42. The molecule has 1 saturated heterocycles. The lowest BCUT2D eigenvalue weighted by molar-refractivity contribution is -0.141. The first kappa shape index (κ1) is 19.0. The van der Waals surface area contributed by atoms with Gasteiger partial charge in [-0.25, -0.2) is 8.42 Å². The number of amides is 1. The van der Waals surface area contributed by atoms with E-state index in [1.807, 2.05) is 5.32 Å². The molecule has 1 amide bonds. The molecule has 1 N–H and O–H groups in total. The number of hydrogen-bond acceptors (Lipinski definition) is 3. The van der Waals surface area contributed by atoms with Crippen LogP contribution in [0.2, 0.25) is 5.02 Å². The van der Waals surface area contributed by atoms with E-state index >= 15 is 0 Å². The topological polar surface area (TPSA) is 66.5 Å². The number of carbonyl (C=O) groups excluding carboxylic acids is 1. The molecule has 1 atom stereocenters. The lowest BCUT2D eigenvalue weighted by atomic mass is 9.99. The molecule has 24 heavy (non-hydrogen) atoms. The van der Waals surface area contributed by atoms with Crippen molar-refractivity contribution in [2.24, 2.45) is 5.92 Å². The van der Waals surface area contributed by atoms with Gasteiger partial charge in [-0.15, -0.1) is 0 Å². The number of rotatable bonds is 4. The van der Waals surface area contributed by atoms with Crippen LogP contribution in [0.15, 0.2) is 29.2 Å². The summed E-state index contributed by atoms with van der Waals surface area (Å²) in [6.07, 6.45) is -3.76. The van der Waals surface area contributed by atoms with Gasteiger partial charge in [0, 0.05) is 18.1 Å². The number of hydrogen-bond donors (Lipinski definition) is 1. The first-order valence-electron chi connectivity index (χ1n) is 7.20. The maximum absolute atomic E-state index is 12.6. The van der Waals surface area contributed by atoms with Crippen LogP contribution in [0.4, 0.5) is 13.2 Å². The number of benzene rings is 1. The van der Waals surface area contributed by atoms with Crippen LogP contribution >= 0.6 is 11.6 Å². The Hall–Kier alpha value is -1.32. The summed E-state index contributed by atoms with van der Waals surface area (Å²) in [6, 6.07) is 5.58. The Bertz CT molecular complexity index is 692. The molecule has 1 aromatic carbocycles. The minimum atomic E-state index is -4.50. The molecule has 1 fully saturated rings. The molecule has 1 unspecified atom stereocenters. The predicted molar refractivity (Wildman–Crippen MR) is 82.0 cm³/mol. The van der Waals surface area contributed by atoms with Gasteiger partial charge in [0.1, 0.15) is 6.54 Å². The molecular formula is C14H16ClF3N2O3S. The van der Waals surface area contributed by atoms with E-state index in [1.54, 1.807) is 0 Å². The summed E-state index contributed by atoms with van der Waals surface area (Å²) in [4.78, 5) is 11.9. The summed E-state index contributed by atoms with van der Waals surface area (Å²) in [7, 11) is -3.82. The highest BCUT2D eigenvalue weighted by Crippen LogP contribution is 2.25. The number of carbonyl (C=O) groups is 1. The molecule has 0 aliphatic carbocycles. The Balaban J connectivity index is 2.07. The van der Waals surface area contributed by atoms with Gasteiger partial charge in [0.25, 0.3) is 0 Å². The lowest BCUT2D eigenvalue weighted by Crippen LogP contribution is -2.46. The monoisotopic (exact) mass is 384 g/mol. The SMILES string of the molecule is O=C(NCC(F)(F)F)C1CCCN(S(=O)(=O)c2ccc(Cl)cc2)C1. The molecule has 1 aliphatic rings. The normalized spacial score (nSPS) is 19.9. The van der Waals surface area contributed by atoms with Gasteiger partial charge in [0.2, 0.25) is 15.9 Å². The van der Waals surface area contributed by atoms with E-state index in [0.29, 0.717) is 17.9 Å². The molecule has 1 heterocycles. The highest BCUT2D eigenvalue weighted by molar-refractivity contribution is 7.89. The van der Waals surface area contributed by atoms with Gasteiger partial charge in [-0.1, -0.05) is 11.6 Å². The average Bonchev–Trinajstić information content (AvgIpc) is 2.52. The van der Waals surface area contributed by atoms with Crippen LogP contribution in [-0.2, 0) is 14.8 Å². The average molecular weight is 385 g/mol. The van der Waals surface area contributed by atoms with Crippen LogP contribution in [0.5, 0.6) is 0 Å². The quantitative estimate of drug-likeness (QED) is 0.867. The molecule has 0 saturated carbocycles. The van der Waals surface area contributed by atoms with Crippen LogP contribution in [0, 0.1) is 5.92 Å². The molecule has 2 rings (SSSR count). The second kappa shape index (κ2) is 7.28. The van der Waals surface area contributed by atoms with Crippen LogP contribution in [0.3, 0.4) is 0 Å². The van der Waals surface area contributed by atoms with Crippen molar-refractivity contribution in [2.75, 3.05) is 19.6 Å². The number of piperidine rings is 1. The summed E-state index contributed by atoms with van der Waals surface area (Å²) in [5, 5.41) is 2.19. The highest BCUT2D eigenvalue weighted by Gasteiger charge is 2.35. The third-order valence-corrected chi connectivity index (χ3v) is 5.80. The molecule has 1 aliphatic heterocycles. The number of halogens is 4. The van der Waals surface area contributed by atoms with Crippen molar-refractivity contribution in [3.05, 3.63) is 29.3 Å². The molecule has 134 valence electrons. The van der Waals surface area contributed by atoms with Gasteiger partial charge in [-0.2, -0.15) is 17.5 Å². The molecule has 5 nitrogen and oxygen atoms in total. The van der Waals surface area contributed by atoms with Crippen molar-refractivity contribution in [1.29, 1.82) is 0 Å². The van der Waals surface area contributed by atoms with E-state index in [9.17, 15) is 26.4 Å². The van der Waals surface area contributed by atoms with E-state index in [2.05, 4.69) is 0 Å². The Kier molecular flexibility index (Phi) is 5.77. The maximum Gasteiger partial charge on any atom is 0.405 e. The van der Waals surface area contributed by atoms with Crippen molar-refractivity contribution < 1.29 is 26.4 Å². The molecule has 1 aromatic rings. The standard InChI is InChI=1S/C14H16ClF3N2O3S/c15-11-3-5-12(6-4-11)24(22,23)20-7-1-2-10(8-20)13(21)19-9-14(16,17)18/h3-6,10H,1-2,7-9H2,(H,19,21). The largest absolute Gasteiger partial charge is 0.405 e. The third kappa shape index (κ3) is 4.84. The van der Waals surface area contributed by atoms with E-state index in [0.717, 1.165) is 4.31 Å². The Morgan fingerprint density at radius 2 is 1.92 bits per heavy atom. The minimum Gasteiger partial charge on any atom is -0.347 e. The maximum atomic E-state index is 12.6. The Morgan fingerprint density at radius 3 is 2.50 bits per heavy atom. The molecule has 0 radical (unpaired) electrons. The lowest BCUT2D eigenvalue weighted by Gasteiger charge is -2.31. The van der Waals surface area contributed by atoms with E-state index in [4.69, 9.17) is 11.6 Å². The second-order valence-electron chi connectivity index (χ2n) is 5.49. The van der Waals surface area contributed by atoms with E-state index in [-0.39, 0.29) is 18.0 Å². The van der Waals surface area contributed by atoms with Crippen LogP contribution < -0.4 is 5.32 Å². The summed E-state index contributed by atoms with van der Waals surface area (Å²) < 4.78 is 62.7. The summed E-state index contributed by atoms with van der Waals surface area (Å²) in [5.41, 5.74) is 0. The van der Waals surface area contributed by atoms with Gasteiger partial charge in [0.05, 0.1) is 10.8 Å². The summed E-state index contributed by atoms with van der Waals surface area (Å²) in [6.45, 7) is -1.35. The van der Waals surface area contributed by atoms with E-state index < -0.39 is 34.6 Å². The second-order valence-corrected chi connectivity index (χ2v) is 7.86. The van der Waals surface area contributed by atoms with Crippen LogP contribution in [0.1, 0.15) is 12.8 Å². The van der Waals surface area contributed by atoms with Gasteiger partial charge in [-0.05, 0) is 37.1 Å². The number of alkyl halides is 3. The first-order valence-corrected chi connectivity index (χ1v) is 9.01. The highest BCUT2D eigenvalue weighted by atomic mass is 35.5. The van der Waals surface area contributed by atoms with Crippen molar-refractivity contribution in [2.45, 2.75) is 23.9 Å². The summed E-state index contributed by atoms with van der Waals surface area (Å²) >= 11 is 5.73. The van der Waals surface area contributed by atoms with E-state index in [1.165, 1.54) is 24.3 Å². The number of nitrogens with zero attached hydrogens (tertiary/aromatic N) is 1. The van der Waals surface area contributed by atoms with Crippen LogP contribution in [0.25, 0.3) is 0 Å². The molecule has 0 spiro atoms. The zero-order valence-electron chi connectivity index (χ0n) is 12.5. The van der Waals surface area contributed by atoms with Gasteiger partial charge >= 0.3 is 6.18 Å². The molecule has 0 aromatic heterocycles. The zero-order valence-corrected chi connectivity index (χ0v) is 14.1. The molecule has 0 bridgehead atoms. The van der Waals surface area contributed by atoms with Gasteiger partial charge in [0.15, 0.2) is 0 Å². The van der Waals surface area contributed by atoms with Crippen molar-refractivity contribution in [3.8, 4) is 0 Å². The molecule has 10 heteroatoms. The fourth-order valence-electron chi connectivity index (χ4n) is 2.46. The smallest absolute Gasteiger partial charge is 0.347 e.